The van der Waals surface area contributed by atoms with E-state index in [4.69, 9.17) is 55.7 Å². The van der Waals surface area contributed by atoms with Crippen molar-refractivity contribution in [1.29, 1.82) is 0 Å². The van der Waals surface area contributed by atoms with E-state index in [1.54, 1.807) is 53.4 Å². The number of imidazole rings is 2. The van der Waals surface area contributed by atoms with Gasteiger partial charge in [0.15, 0.2) is 39.2 Å². The maximum atomic E-state index is 12.5. The highest BCUT2D eigenvalue weighted by molar-refractivity contribution is 14.1. The number of carbonyl (C=O) groups excluding carboxylic acids is 2. The van der Waals surface area contributed by atoms with Crippen LogP contribution in [-0.4, -0.2) is 168 Å². The van der Waals surface area contributed by atoms with Gasteiger partial charge in [-0.3, -0.25) is 9.13 Å². The lowest BCUT2D eigenvalue weighted by atomic mass is 9.94. The first-order chi connectivity index (χ1) is 37.0. The summed E-state index contributed by atoms with van der Waals surface area (Å²) in [5.41, 5.74) is 14.7. The topological polar surface area (TPSA) is 344 Å². The Morgan fingerprint density at radius 2 is 1.09 bits per heavy atom. The van der Waals surface area contributed by atoms with Crippen molar-refractivity contribution in [3.63, 3.8) is 0 Å². The average Bonchev–Trinajstić information content (AvgIpc) is 4.35. The number of nitrogen functional groups attached to an aromatic ring is 2. The van der Waals surface area contributed by atoms with Crippen molar-refractivity contribution in [2.75, 3.05) is 61.5 Å². The molecule has 4 aliphatic rings. The fourth-order valence-electron chi connectivity index (χ4n) is 9.09. The molecule has 12 N–H and O–H groups in total. The Bertz CT molecular complexity index is 3110. The number of nitrogens with one attached hydrogen (secondary N) is 2. The van der Waals surface area contributed by atoms with Crippen LogP contribution in [-0.2, 0) is 9.47 Å². The predicted octanol–water partition coefficient (Wildman–Crippen LogP) is 4.23. The molecular formula is C51H61Cl2IN14O10. The molecule has 2 unspecified atom stereocenters. The Hall–Kier alpha value is -6.21. The lowest BCUT2D eigenvalue weighted by Crippen LogP contribution is -2.41. The van der Waals surface area contributed by atoms with E-state index in [0.717, 1.165) is 50.9 Å². The Labute approximate surface area is 472 Å². The van der Waals surface area contributed by atoms with E-state index >= 15 is 0 Å². The molecule has 8 atom stereocenters. The molecule has 6 aromatic rings. The summed E-state index contributed by atoms with van der Waals surface area (Å²) >= 11 is 13.6. The molecule has 0 bridgehead atoms. The third-order valence-electron chi connectivity index (χ3n) is 13.4. The standard InChI is InChI=1S/C25H28ClN7O5.C15H17ClN2O.C10H12IN5O4.CH4/c26-15-4-6-16(7-5-15)29-25(37)32-10-8-14(9-11-32)2-1-3-18-30-22(27)19-23(31-18)33(13-28-19)24-21(36)20(35)17(12-34)38-24;1-2-3-12-8-10-18(11-9-12)15(19)17-14-6-4-13(16)5-7-14;11-10-14-7(12)4-8(15-10)16(2-13-4)9-6(19)5(18)3(1-17)20-9;/h4-7,13-14,17,20-21,24,34-36H,2,8-12H2,(H,29,37)(H2,27,30,31);1,4-7,12H,3,8-11H2,(H,17,19);2-3,5-6,9,17-19H,1H2,(H2,12,14,15);1H4/t17-,20?,21+,24-;;3-,5?,6+,9-;/m1.1./s1. The van der Waals surface area contributed by atoms with E-state index in [1.807, 2.05) is 27.5 Å². The molecule has 4 fully saturated rings. The van der Waals surface area contributed by atoms with Crippen molar-refractivity contribution in [3.8, 4) is 24.2 Å². The number of nitrogens with zero attached hydrogens (tertiary/aromatic N) is 10. The molecule has 4 saturated heterocycles. The summed E-state index contributed by atoms with van der Waals surface area (Å²) in [6.45, 7) is 1.96. The molecule has 0 radical (unpaired) electrons. The van der Waals surface area contributed by atoms with Gasteiger partial charge in [0.25, 0.3) is 0 Å². The fourth-order valence-corrected chi connectivity index (χ4v) is 9.83. The van der Waals surface area contributed by atoms with Crippen LogP contribution in [0.15, 0.2) is 61.2 Å². The molecule has 4 aliphatic heterocycles. The van der Waals surface area contributed by atoms with Crippen molar-refractivity contribution in [3.05, 3.63) is 80.9 Å². The number of aliphatic hydroxyl groups excluding tert-OH is 6. The minimum atomic E-state index is -1.28. The molecule has 10 rings (SSSR count). The Kier molecular flexibility index (Phi) is 20.7. The highest BCUT2D eigenvalue weighted by atomic mass is 127. The number of benzene rings is 2. The third-order valence-corrected chi connectivity index (χ3v) is 14.4. The summed E-state index contributed by atoms with van der Waals surface area (Å²) in [7, 11) is 0. The van der Waals surface area contributed by atoms with Crippen molar-refractivity contribution < 1.29 is 49.7 Å². The van der Waals surface area contributed by atoms with Crippen molar-refractivity contribution >= 4 is 103 Å². The number of aromatic nitrogens is 8. The van der Waals surface area contributed by atoms with Crippen LogP contribution in [0.25, 0.3) is 22.3 Å². The van der Waals surface area contributed by atoms with Crippen molar-refractivity contribution in [2.24, 2.45) is 11.8 Å². The number of piperidine rings is 2. The van der Waals surface area contributed by atoms with Crippen LogP contribution in [0.3, 0.4) is 0 Å². The maximum absolute atomic E-state index is 12.5. The molecule has 0 spiro atoms. The molecule has 27 heteroatoms. The normalized spacial score (nSPS) is 23.2. The van der Waals surface area contributed by atoms with Gasteiger partial charge in [0.1, 0.15) is 47.7 Å². The first-order valence-electron chi connectivity index (χ1n) is 24.5. The predicted molar refractivity (Wildman–Crippen MR) is 299 cm³/mol. The van der Waals surface area contributed by atoms with Gasteiger partial charge in [-0.25, -0.2) is 39.5 Å². The summed E-state index contributed by atoms with van der Waals surface area (Å²) in [5, 5.41) is 65.8. The van der Waals surface area contributed by atoms with Gasteiger partial charge in [0, 0.05) is 83.0 Å². The summed E-state index contributed by atoms with van der Waals surface area (Å²) in [4.78, 5) is 53.4. The number of urea groups is 2. The molecule has 8 heterocycles. The van der Waals surface area contributed by atoms with Crippen LogP contribution in [0.2, 0.25) is 10.0 Å². The molecule has 4 aromatic heterocycles. The monoisotopic (exact) mass is 1230 g/mol. The minimum Gasteiger partial charge on any atom is -0.394 e. The lowest BCUT2D eigenvalue weighted by Gasteiger charge is -2.31. The zero-order chi connectivity index (χ0) is 54.9. The number of likely N-dealkylation sites (tertiary alicyclic amines) is 2. The first kappa shape index (κ1) is 59.5. The minimum absolute atomic E-state index is 0. The summed E-state index contributed by atoms with van der Waals surface area (Å²) < 4.78 is 14.4. The van der Waals surface area contributed by atoms with Crippen LogP contribution in [0.1, 0.15) is 64.2 Å². The Morgan fingerprint density at radius 1 is 0.667 bits per heavy atom. The van der Waals surface area contributed by atoms with Gasteiger partial charge in [0.2, 0.25) is 5.82 Å². The van der Waals surface area contributed by atoms with Crippen LogP contribution in [0.5, 0.6) is 0 Å². The van der Waals surface area contributed by atoms with Gasteiger partial charge in [0.05, 0.1) is 25.9 Å². The number of rotatable bonds is 8. The second-order valence-electron chi connectivity index (χ2n) is 18.6. The van der Waals surface area contributed by atoms with Gasteiger partial charge in [-0.2, -0.15) is 0 Å². The number of hydrogen-bond acceptors (Lipinski definition) is 18. The number of aliphatic hydroxyl groups is 6. The lowest BCUT2D eigenvalue weighted by molar-refractivity contribution is -0.0511. The zero-order valence-electron chi connectivity index (χ0n) is 41.2. The number of hydrogen-bond donors (Lipinski definition) is 10. The van der Waals surface area contributed by atoms with E-state index in [0.29, 0.717) is 73.2 Å². The average molecular weight is 1230 g/mol. The Morgan fingerprint density at radius 3 is 1.51 bits per heavy atom. The summed E-state index contributed by atoms with van der Waals surface area (Å²) in [5.74, 6) is 10.2. The molecule has 78 heavy (non-hydrogen) atoms. The van der Waals surface area contributed by atoms with Crippen molar-refractivity contribution in [1.82, 2.24) is 48.8 Å². The largest absolute Gasteiger partial charge is 0.394 e. The number of ether oxygens (including phenoxy) is 2. The molecule has 24 nitrogen and oxygen atoms in total. The van der Waals surface area contributed by atoms with Gasteiger partial charge >= 0.3 is 12.1 Å². The third kappa shape index (κ3) is 14.1. The van der Waals surface area contributed by atoms with E-state index < -0.39 is 62.3 Å². The molecular weight excluding hydrogens is 1170 g/mol. The number of halogens is 3. The number of nitrogens with two attached hydrogens (primary N) is 2. The number of fused-ring (bicyclic) bond motifs is 2. The van der Waals surface area contributed by atoms with Gasteiger partial charge in [-0.15, -0.1) is 12.3 Å². The quantitative estimate of drug-likeness (QED) is 0.0579. The van der Waals surface area contributed by atoms with Crippen molar-refractivity contribution in [2.45, 2.75) is 95.0 Å². The summed E-state index contributed by atoms with van der Waals surface area (Å²) in [6.07, 6.45) is 4.57. The van der Waals surface area contributed by atoms with Crippen LogP contribution < -0.4 is 22.1 Å². The van der Waals surface area contributed by atoms with E-state index in [1.165, 1.54) is 21.8 Å². The van der Waals surface area contributed by atoms with Crippen LogP contribution >= 0.6 is 45.8 Å². The van der Waals surface area contributed by atoms with E-state index in [2.05, 4.69) is 58.3 Å². The molecule has 4 amide bonds. The van der Waals surface area contributed by atoms with Crippen LogP contribution in [0.4, 0.5) is 32.6 Å². The fraction of sp³-hybridized carbons (Fsp3) is 0.451. The summed E-state index contributed by atoms with van der Waals surface area (Å²) in [6, 6.07) is 13.9. The number of anilines is 4. The highest BCUT2D eigenvalue weighted by Crippen LogP contribution is 2.34. The second-order valence-corrected chi connectivity index (χ2v) is 20.4. The smallest absolute Gasteiger partial charge is 0.321 e. The number of amides is 4. The van der Waals surface area contributed by atoms with Gasteiger partial charge in [-0.1, -0.05) is 36.5 Å². The SMILES string of the molecule is C.C#CCC1CCN(C(=O)Nc2ccc(Cl)cc2)CC1.Nc1nc(C#CCC2CCN(C(=O)Nc3ccc(Cl)cc3)CC2)nc2c1ncn2[C@@H]1O[C@H](CO)C(O)[C@@H]1O.Nc1nc(I)nc2c1ncn2[C@@H]1O[C@H](CO)C(O)[C@@H]1O. The number of carbonyl (C=O) groups is 2. The zero-order valence-corrected chi connectivity index (χ0v) is 44.9. The maximum Gasteiger partial charge on any atom is 0.321 e. The number of terminal acetylenes is 1. The van der Waals surface area contributed by atoms with Gasteiger partial charge in [-0.05, 0) is 92.0 Å². The molecule has 416 valence electrons. The second kappa shape index (κ2) is 27.1. The van der Waals surface area contributed by atoms with Crippen LogP contribution in [0, 0.1) is 39.9 Å². The molecule has 2 aromatic carbocycles. The Balaban J connectivity index is 0.000000186. The van der Waals surface area contributed by atoms with Gasteiger partial charge < -0.3 is 72.0 Å². The highest BCUT2D eigenvalue weighted by Gasteiger charge is 2.45. The molecule has 0 saturated carbocycles. The first-order valence-corrected chi connectivity index (χ1v) is 26.3. The molecule has 0 aliphatic carbocycles. The van der Waals surface area contributed by atoms with E-state index in [9.17, 15) is 35.1 Å². The van der Waals surface area contributed by atoms with E-state index in [-0.39, 0.29) is 36.9 Å².